The molecule has 150 valence electrons. The Hall–Kier alpha value is -3.48. The largest absolute Gasteiger partial charge is 0.495 e. The number of aromatic nitrogens is 1. The van der Waals surface area contributed by atoms with Crippen molar-refractivity contribution in [2.24, 2.45) is 0 Å². The average molecular weight is 392 g/mol. The normalized spacial score (nSPS) is 14.0. The number of ether oxygens (including phenoxy) is 1. The molecule has 0 saturated carbocycles. The predicted molar refractivity (Wildman–Crippen MR) is 112 cm³/mol. The lowest BCUT2D eigenvalue weighted by Gasteiger charge is -2.37. The molecule has 1 aromatic carbocycles. The van der Waals surface area contributed by atoms with Gasteiger partial charge in [-0.25, -0.2) is 0 Å². The summed E-state index contributed by atoms with van der Waals surface area (Å²) in [5, 5.41) is 2.84. The third kappa shape index (κ3) is 4.34. The predicted octanol–water partition coefficient (Wildman–Crippen LogP) is 2.94. The van der Waals surface area contributed by atoms with E-state index in [0.29, 0.717) is 18.0 Å². The Morgan fingerprint density at radius 2 is 1.90 bits per heavy atom. The average Bonchev–Trinajstić information content (AvgIpc) is 3.31. The Morgan fingerprint density at radius 3 is 2.66 bits per heavy atom. The van der Waals surface area contributed by atoms with Crippen molar-refractivity contribution in [3.05, 3.63) is 72.4 Å². The van der Waals surface area contributed by atoms with E-state index in [1.165, 1.54) is 0 Å². The molecule has 0 atom stereocenters. The van der Waals surface area contributed by atoms with Crippen molar-refractivity contribution in [3.63, 3.8) is 0 Å². The summed E-state index contributed by atoms with van der Waals surface area (Å²) >= 11 is 0. The van der Waals surface area contributed by atoms with E-state index in [-0.39, 0.29) is 5.91 Å². The molecule has 4 rings (SSSR count). The van der Waals surface area contributed by atoms with Gasteiger partial charge in [0, 0.05) is 38.1 Å². The maximum atomic E-state index is 12.4. The molecule has 7 heteroatoms. The zero-order valence-electron chi connectivity index (χ0n) is 16.4. The first-order chi connectivity index (χ1) is 14.2. The summed E-state index contributed by atoms with van der Waals surface area (Å²) in [6, 6.07) is 15.5. The molecule has 1 saturated heterocycles. The number of anilines is 2. The van der Waals surface area contributed by atoms with Crippen molar-refractivity contribution in [1.82, 2.24) is 10.3 Å². The van der Waals surface area contributed by atoms with Gasteiger partial charge in [0.25, 0.3) is 5.91 Å². The van der Waals surface area contributed by atoms with E-state index in [1.807, 2.05) is 36.4 Å². The Balaban J connectivity index is 1.38. The Labute approximate surface area is 169 Å². The number of nitrogens with zero attached hydrogens (tertiary/aromatic N) is 3. The minimum atomic E-state index is -0.212. The maximum Gasteiger partial charge on any atom is 0.270 e. The number of rotatable bonds is 6. The number of hydrogen-bond donors (Lipinski definition) is 1. The number of hydrogen-bond acceptors (Lipinski definition) is 6. The summed E-state index contributed by atoms with van der Waals surface area (Å²) in [7, 11) is 1.70. The molecule has 7 nitrogen and oxygen atoms in total. The highest BCUT2D eigenvalue weighted by Crippen LogP contribution is 2.29. The van der Waals surface area contributed by atoms with Gasteiger partial charge in [-0.05, 0) is 36.4 Å². The second kappa shape index (κ2) is 8.68. The van der Waals surface area contributed by atoms with Crippen LogP contribution >= 0.6 is 0 Å². The maximum absolute atomic E-state index is 12.4. The van der Waals surface area contributed by atoms with Crippen LogP contribution in [0.25, 0.3) is 0 Å². The fraction of sp³-hybridized carbons (Fsp3) is 0.273. The van der Waals surface area contributed by atoms with Crippen molar-refractivity contribution < 1.29 is 13.9 Å². The summed E-state index contributed by atoms with van der Waals surface area (Å²) in [5.41, 5.74) is 2.52. The van der Waals surface area contributed by atoms with Crippen LogP contribution in [0.4, 0.5) is 11.4 Å². The lowest BCUT2D eigenvalue weighted by molar-refractivity contribution is 0.0943. The molecule has 0 aliphatic carbocycles. The van der Waals surface area contributed by atoms with Gasteiger partial charge in [0.05, 0.1) is 25.6 Å². The highest BCUT2D eigenvalue weighted by Gasteiger charge is 2.20. The number of pyridine rings is 1. The summed E-state index contributed by atoms with van der Waals surface area (Å²) in [4.78, 5) is 21.3. The molecule has 0 spiro atoms. The SMILES string of the molecule is COc1ccccc1N1CCN(c2ccnc(C(=O)NCc3ccco3)c2)CC1. The molecule has 0 radical (unpaired) electrons. The summed E-state index contributed by atoms with van der Waals surface area (Å²) in [6.07, 6.45) is 3.27. The number of para-hydroxylation sites is 2. The summed E-state index contributed by atoms with van der Waals surface area (Å²) in [5.74, 6) is 1.39. The van der Waals surface area contributed by atoms with Crippen LogP contribution in [0.15, 0.2) is 65.4 Å². The molecular weight excluding hydrogens is 368 g/mol. The van der Waals surface area contributed by atoms with E-state index in [1.54, 1.807) is 25.6 Å². The van der Waals surface area contributed by atoms with Crippen molar-refractivity contribution in [3.8, 4) is 5.75 Å². The van der Waals surface area contributed by atoms with Gasteiger partial charge in [-0.3, -0.25) is 9.78 Å². The number of furan rings is 1. The number of methoxy groups -OCH3 is 1. The van der Waals surface area contributed by atoms with E-state index < -0.39 is 0 Å². The summed E-state index contributed by atoms with van der Waals surface area (Å²) in [6.45, 7) is 3.81. The van der Waals surface area contributed by atoms with E-state index >= 15 is 0 Å². The highest BCUT2D eigenvalue weighted by molar-refractivity contribution is 5.93. The zero-order valence-corrected chi connectivity index (χ0v) is 16.4. The molecule has 0 bridgehead atoms. The first-order valence-corrected chi connectivity index (χ1v) is 9.64. The summed E-state index contributed by atoms with van der Waals surface area (Å²) < 4.78 is 10.7. The highest BCUT2D eigenvalue weighted by atomic mass is 16.5. The molecule has 3 aromatic rings. The third-order valence-corrected chi connectivity index (χ3v) is 5.05. The fourth-order valence-electron chi connectivity index (χ4n) is 3.51. The molecule has 3 heterocycles. The molecule has 1 N–H and O–H groups in total. The van der Waals surface area contributed by atoms with Crippen LogP contribution < -0.4 is 19.9 Å². The number of carbonyl (C=O) groups is 1. The standard InChI is InChI=1S/C22H24N4O3/c1-28-21-7-3-2-6-20(21)26-12-10-25(11-13-26)17-8-9-23-19(15-17)22(27)24-16-18-5-4-14-29-18/h2-9,14-15H,10-13,16H2,1H3,(H,24,27). The molecule has 29 heavy (non-hydrogen) atoms. The van der Waals surface area contributed by atoms with E-state index in [0.717, 1.165) is 43.3 Å². The minimum absolute atomic E-state index is 0.212. The first-order valence-electron chi connectivity index (χ1n) is 9.64. The van der Waals surface area contributed by atoms with Crippen molar-refractivity contribution >= 4 is 17.3 Å². The van der Waals surface area contributed by atoms with Gasteiger partial charge in [0.1, 0.15) is 17.2 Å². The van der Waals surface area contributed by atoms with E-state index in [9.17, 15) is 4.79 Å². The number of benzene rings is 1. The van der Waals surface area contributed by atoms with Gasteiger partial charge < -0.3 is 24.3 Å². The Kier molecular flexibility index (Phi) is 5.65. The van der Waals surface area contributed by atoms with Crippen LogP contribution in [0.1, 0.15) is 16.2 Å². The van der Waals surface area contributed by atoms with Crippen LogP contribution in [0.3, 0.4) is 0 Å². The lowest BCUT2D eigenvalue weighted by Crippen LogP contribution is -2.46. The fourth-order valence-corrected chi connectivity index (χ4v) is 3.51. The lowest BCUT2D eigenvalue weighted by atomic mass is 10.2. The van der Waals surface area contributed by atoms with Gasteiger partial charge in [-0.2, -0.15) is 0 Å². The number of piperazine rings is 1. The van der Waals surface area contributed by atoms with Crippen molar-refractivity contribution in [2.45, 2.75) is 6.54 Å². The second-order valence-corrected chi connectivity index (χ2v) is 6.81. The van der Waals surface area contributed by atoms with Gasteiger partial charge in [0.15, 0.2) is 0 Å². The number of amides is 1. The molecular formula is C22H24N4O3. The molecule has 1 aliphatic heterocycles. The zero-order chi connectivity index (χ0) is 20.1. The molecule has 1 aliphatic rings. The second-order valence-electron chi connectivity index (χ2n) is 6.81. The Morgan fingerprint density at radius 1 is 1.10 bits per heavy atom. The van der Waals surface area contributed by atoms with Gasteiger partial charge in [0.2, 0.25) is 0 Å². The number of carbonyl (C=O) groups excluding carboxylic acids is 1. The molecule has 2 aromatic heterocycles. The minimum Gasteiger partial charge on any atom is -0.495 e. The van der Waals surface area contributed by atoms with Gasteiger partial charge >= 0.3 is 0 Å². The van der Waals surface area contributed by atoms with Crippen LogP contribution in [0.5, 0.6) is 5.75 Å². The topological polar surface area (TPSA) is 70.8 Å². The number of nitrogens with one attached hydrogen (secondary N) is 1. The van der Waals surface area contributed by atoms with Gasteiger partial charge in [-0.1, -0.05) is 12.1 Å². The van der Waals surface area contributed by atoms with Crippen LogP contribution in [-0.2, 0) is 6.54 Å². The first kappa shape index (κ1) is 18.9. The Bertz CT molecular complexity index is 950. The van der Waals surface area contributed by atoms with Crippen LogP contribution in [0, 0.1) is 0 Å². The van der Waals surface area contributed by atoms with E-state index in [4.69, 9.17) is 9.15 Å². The van der Waals surface area contributed by atoms with Crippen molar-refractivity contribution in [2.75, 3.05) is 43.1 Å². The monoisotopic (exact) mass is 392 g/mol. The molecule has 1 fully saturated rings. The van der Waals surface area contributed by atoms with Crippen LogP contribution in [-0.4, -0.2) is 44.2 Å². The quantitative estimate of drug-likeness (QED) is 0.696. The van der Waals surface area contributed by atoms with Crippen LogP contribution in [0.2, 0.25) is 0 Å². The molecule has 1 amide bonds. The molecule has 0 unspecified atom stereocenters. The smallest absolute Gasteiger partial charge is 0.270 e. The van der Waals surface area contributed by atoms with E-state index in [2.05, 4.69) is 26.2 Å². The van der Waals surface area contributed by atoms with Crippen molar-refractivity contribution in [1.29, 1.82) is 0 Å². The van der Waals surface area contributed by atoms with Gasteiger partial charge in [-0.15, -0.1) is 0 Å². The third-order valence-electron chi connectivity index (χ3n) is 5.05.